The number of nitrogens with zero attached hydrogens (tertiary/aromatic N) is 2. The lowest BCUT2D eigenvalue weighted by molar-refractivity contribution is 0.192. The van der Waals surface area contributed by atoms with Gasteiger partial charge in [0.25, 0.3) is 0 Å². The number of hydrogen-bond donors (Lipinski definition) is 3. The number of aliphatic hydroxyl groups is 1. The van der Waals surface area contributed by atoms with Gasteiger partial charge in [0, 0.05) is 32.0 Å². The first-order chi connectivity index (χ1) is 8.27. The Morgan fingerprint density at radius 1 is 1.41 bits per heavy atom. The van der Waals surface area contributed by atoms with Crippen LogP contribution in [0.5, 0.6) is 0 Å². The molecule has 0 radical (unpaired) electrons. The fourth-order valence-corrected chi connectivity index (χ4v) is 1.68. The molecule has 0 saturated carbocycles. The van der Waals surface area contributed by atoms with E-state index in [1.54, 1.807) is 13.1 Å². The Bertz CT molecular complexity index is 466. The van der Waals surface area contributed by atoms with Crippen LogP contribution >= 0.6 is 0 Å². The lowest BCUT2D eigenvalue weighted by Gasteiger charge is -2.10. The minimum atomic E-state index is -0.299. The van der Waals surface area contributed by atoms with Gasteiger partial charge in [0.05, 0.1) is 6.10 Å². The second-order valence-corrected chi connectivity index (χ2v) is 4.05. The molecule has 2 rings (SSSR count). The van der Waals surface area contributed by atoms with Crippen LogP contribution in [-0.4, -0.2) is 40.2 Å². The van der Waals surface area contributed by atoms with E-state index < -0.39 is 0 Å². The van der Waals surface area contributed by atoms with Gasteiger partial charge >= 0.3 is 0 Å². The number of nitrogens with one attached hydrogen (secondary N) is 2. The molecule has 0 saturated heterocycles. The summed E-state index contributed by atoms with van der Waals surface area (Å²) < 4.78 is 2.01. The van der Waals surface area contributed by atoms with Crippen molar-refractivity contribution in [2.45, 2.75) is 13.0 Å². The predicted molar refractivity (Wildman–Crippen MR) is 68.2 cm³/mol. The van der Waals surface area contributed by atoms with Crippen LogP contribution in [0.4, 0.5) is 5.82 Å². The number of rotatable bonds is 6. The van der Waals surface area contributed by atoms with Crippen molar-refractivity contribution in [3.8, 4) is 0 Å². The van der Waals surface area contributed by atoms with Crippen molar-refractivity contribution in [3.05, 3.63) is 30.6 Å². The molecular weight excluding hydrogens is 216 g/mol. The second-order valence-electron chi connectivity index (χ2n) is 4.05. The van der Waals surface area contributed by atoms with Gasteiger partial charge in [-0.15, -0.1) is 0 Å². The van der Waals surface area contributed by atoms with E-state index in [9.17, 15) is 0 Å². The summed E-state index contributed by atoms with van der Waals surface area (Å²) in [7, 11) is 0. The molecule has 0 aromatic carbocycles. The number of pyridine rings is 1. The summed E-state index contributed by atoms with van der Waals surface area (Å²) >= 11 is 0. The molecule has 17 heavy (non-hydrogen) atoms. The number of aliphatic hydroxyl groups excluding tert-OH is 1. The Hall–Kier alpha value is -1.59. The van der Waals surface area contributed by atoms with Crippen molar-refractivity contribution in [2.75, 3.05) is 25.0 Å². The topological polar surface area (TPSA) is 61.6 Å². The van der Waals surface area contributed by atoms with Crippen molar-refractivity contribution < 1.29 is 5.11 Å². The smallest absolute Gasteiger partial charge is 0.138 e. The molecule has 1 atom stereocenters. The zero-order chi connectivity index (χ0) is 12.1. The lowest BCUT2D eigenvalue weighted by Crippen LogP contribution is -2.29. The second kappa shape index (κ2) is 5.65. The third-order valence-electron chi connectivity index (χ3n) is 2.48. The number of fused-ring (bicyclic) bond motifs is 1. The Morgan fingerprint density at radius 3 is 3.12 bits per heavy atom. The number of aromatic nitrogens is 2. The summed E-state index contributed by atoms with van der Waals surface area (Å²) in [6.45, 7) is 4.02. The summed E-state index contributed by atoms with van der Waals surface area (Å²) in [4.78, 5) is 4.22. The fraction of sp³-hybridized carbons (Fsp3) is 0.417. The van der Waals surface area contributed by atoms with E-state index in [1.807, 2.05) is 28.8 Å². The van der Waals surface area contributed by atoms with Crippen molar-refractivity contribution in [1.29, 1.82) is 0 Å². The molecule has 0 fully saturated rings. The summed E-state index contributed by atoms with van der Waals surface area (Å²) in [6.07, 6.45) is 3.42. The van der Waals surface area contributed by atoms with Gasteiger partial charge in [-0.3, -0.25) is 4.40 Å². The molecule has 0 aliphatic carbocycles. The molecule has 5 heteroatoms. The molecular formula is C12H18N4O. The Kier molecular flexibility index (Phi) is 3.95. The van der Waals surface area contributed by atoms with Gasteiger partial charge in [0.1, 0.15) is 11.5 Å². The third kappa shape index (κ3) is 3.18. The Balaban J connectivity index is 1.84. The number of anilines is 1. The predicted octanol–water partition coefficient (Wildman–Crippen LogP) is 0.717. The molecule has 92 valence electrons. The van der Waals surface area contributed by atoms with E-state index in [0.29, 0.717) is 6.54 Å². The van der Waals surface area contributed by atoms with E-state index in [0.717, 1.165) is 24.6 Å². The number of imidazole rings is 1. The van der Waals surface area contributed by atoms with Crippen molar-refractivity contribution in [3.63, 3.8) is 0 Å². The first-order valence-electron chi connectivity index (χ1n) is 5.82. The molecule has 2 heterocycles. The number of hydrogen-bond acceptors (Lipinski definition) is 4. The molecule has 0 bridgehead atoms. The lowest BCUT2D eigenvalue weighted by atomic mass is 10.4. The highest BCUT2D eigenvalue weighted by Crippen LogP contribution is 2.09. The highest BCUT2D eigenvalue weighted by Gasteiger charge is 1.99. The first-order valence-corrected chi connectivity index (χ1v) is 5.82. The molecule has 0 amide bonds. The van der Waals surface area contributed by atoms with Crippen molar-refractivity contribution in [1.82, 2.24) is 14.7 Å². The average molecular weight is 234 g/mol. The average Bonchev–Trinajstić information content (AvgIpc) is 2.77. The van der Waals surface area contributed by atoms with Gasteiger partial charge in [0.2, 0.25) is 0 Å². The minimum Gasteiger partial charge on any atom is -0.392 e. The van der Waals surface area contributed by atoms with Gasteiger partial charge in [-0.1, -0.05) is 6.07 Å². The summed E-state index contributed by atoms with van der Waals surface area (Å²) in [6, 6.07) is 5.97. The molecule has 2 aromatic heterocycles. The van der Waals surface area contributed by atoms with Crippen molar-refractivity contribution in [2.24, 2.45) is 0 Å². The van der Waals surface area contributed by atoms with E-state index in [1.165, 1.54) is 0 Å². The van der Waals surface area contributed by atoms with E-state index in [2.05, 4.69) is 15.6 Å². The zero-order valence-electron chi connectivity index (χ0n) is 9.93. The largest absolute Gasteiger partial charge is 0.392 e. The standard InChI is InChI=1S/C12H18N4O/c1-10(17)9-13-5-6-14-11-3-2-4-12-15-7-8-16(11)12/h2-4,7-8,10,13-14,17H,5-6,9H2,1H3. The van der Waals surface area contributed by atoms with Crippen LogP contribution in [-0.2, 0) is 0 Å². The van der Waals surface area contributed by atoms with Gasteiger partial charge in [-0.25, -0.2) is 4.98 Å². The van der Waals surface area contributed by atoms with Crippen LogP contribution in [0.1, 0.15) is 6.92 Å². The van der Waals surface area contributed by atoms with Crippen LogP contribution in [0.15, 0.2) is 30.6 Å². The SMILES string of the molecule is CC(O)CNCCNc1cccc2nccn12. The van der Waals surface area contributed by atoms with Crippen LogP contribution < -0.4 is 10.6 Å². The molecule has 2 aromatic rings. The third-order valence-corrected chi connectivity index (χ3v) is 2.48. The molecule has 0 aliphatic rings. The van der Waals surface area contributed by atoms with Gasteiger partial charge in [-0.2, -0.15) is 0 Å². The summed E-state index contributed by atoms with van der Waals surface area (Å²) in [5.41, 5.74) is 0.937. The summed E-state index contributed by atoms with van der Waals surface area (Å²) in [5.74, 6) is 1.03. The van der Waals surface area contributed by atoms with Crippen LogP contribution in [0.25, 0.3) is 5.65 Å². The van der Waals surface area contributed by atoms with Gasteiger partial charge < -0.3 is 15.7 Å². The molecule has 1 unspecified atom stereocenters. The normalized spacial score (nSPS) is 12.8. The fourth-order valence-electron chi connectivity index (χ4n) is 1.68. The van der Waals surface area contributed by atoms with Gasteiger partial charge in [0.15, 0.2) is 0 Å². The van der Waals surface area contributed by atoms with E-state index >= 15 is 0 Å². The molecule has 0 aliphatic heterocycles. The molecule has 5 nitrogen and oxygen atoms in total. The zero-order valence-corrected chi connectivity index (χ0v) is 9.93. The van der Waals surface area contributed by atoms with Crippen LogP contribution in [0.3, 0.4) is 0 Å². The highest BCUT2D eigenvalue weighted by atomic mass is 16.3. The van der Waals surface area contributed by atoms with Crippen molar-refractivity contribution >= 4 is 11.5 Å². The monoisotopic (exact) mass is 234 g/mol. The first kappa shape index (κ1) is 11.9. The minimum absolute atomic E-state index is 0.299. The van der Waals surface area contributed by atoms with Gasteiger partial charge in [-0.05, 0) is 19.1 Å². The molecule has 3 N–H and O–H groups in total. The Labute approximate surface area is 100 Å². The van der Waals surface area contributed by atoms with E-state index in [-0.39, 0.29) is 6.10 Å². The highest BCUT2D eigenvalue weighted by molar-refractivity contribution is 5.49. The summed E-state index contributed by atoms with van der Waals surface area (Å²) in [5, 5.41) is 15.6. The maximum Gasteiger partial charge on any atom is 0.138 e. The quantitative estimate of drug-likeness (QED) is 0.644. The maximum atomic E-state index is 9.09. The Morgan fingerprint density at radius 2 is 2.29 bits per heavy atom. The van der Waals surface area contributed by atoms with Crippen LogP contribution in [0.2, 0.25) is 0 Å². The molecule has 0 spiro atoms. The van der Waals surface area contributed by atoms with E-state index in [4.69, 9.17) is 5.11 Å². The maximum absolute atomic E-state index is 9.09. The van der Waals surface area contributed by atoms with Crippen LogP contribution in [0, 0.1) is 0 Å².